The molecule has 0 spiro atoms. The first-order valence-corrected chi connectivity index (χ1v) is 8.79. The first-order chi connectivity index (χ1) is 12.6. The number of ether oxygens (including phenoxy) is 1. The summed E-state index contributed by atoms with van der Waals surface area (Å²) < 4.78 is 18.8. The van der Waals surface area contributed by atoms with E-state index in [2.05, 4.69) is 15.3 Å². The molecule has 0 unspecified atom stereocenters. The molecular formula is C19H17ClFN3O2. The summed E-state index contributed by atoms with van der Waals surface area (Å²) in [6, 6.07) is 10.1. The molecule has 0 radical (unpaired) electrons. The highest BCUT2D eigenvalue weighted by molar-refractivity contribution is 6.32. The lowest BCUT2D eigenvalue weighted by Crippen LogP contribution is -2.24. The van der Waals surface area contributed by atoms with Crippen LogP contribution >= 0.6 is 11.6 Å². The normalized spacial score (nSPS) is 13.8. The van der Waals surface area contributed by atoms with Gasteiger partial charge < -0.3 is 15.0 Å². The summed E-state index contributed by atoms with van der Waals surface area (Å²) in [5.41, 5.74) is 2.23. The minimum absolute atomic E-state index is 0.105. The van der Waals surface area contributed by atoms with Crippen molar-refractivity contribution in [1.82, 2.24) is 15.3 Å². The number of aromatic nitrogens is 2. The zero-order valence-corrected chi connectivity index (χ0v) is 14.6. The highest BCUT2D eigenvalue weighted by Gasteiger charge is 2.29. The number of carbonyl (C=O) groups excluding carboxylic acids is 1. The third-order valence-electron chi connectivity index (χ3n) is 4.28. The Hall–Kier alpha value is -2.60. The Balaban J connectivity index is 1.47. The fourth-order valence-electron chi connectivity index (χ4n) is 2.75. The van der Waals surface area contributed by atoms with E-state index in [0.717, 1.165) is 29.4 Å². The van der Waals surface area contributed by atoms with Crippen molar-refractivity contribution in [1.29, 1.82) is 0 Å². The Bertz CT molecular complexity index is 969. The molecule has 1 saturated carbocycles. The van der Waals surface area contributed by atoms with E-state index in [0.29, 0.717) is 23.0 Å². The number of pyridine rings is 1. The molecule has 3 aromatic rings. The summed E-state index contributed by atoms with van der Waals surface area (Å²) in [6.07, 6.45) is 1.96. The van der Waals surface area contributed by atoms with Crippen molar-refractivity contribution < 1.29 is 13.9 Å². The van der Waals surface area contributed by atoms with Gasteiger partial charge in [-0.15, -0.1) is 0 Å². The van der Waals surface area contributed by atoms with Gasteiger partial charge in [-0.2, -0.15) is 4.39 Å². The number of amides is 1. The molecule has 134 valence electrons. The van der Waals surface area contributed by atoms with Crippen LogP contribution in [0.2, 0.25) is 5.02 Å². The standard InChI is InChI=1S/C19H17ClFN3O2/c20-15-7-12-6-14(9-22-19(25)11-4-5-11)23-16(12)8-17(15)26-10-13-2-1-3-18(21)24-13/h1-3,6-8,11,23H,4-5,9-10H2,(H,22,25). The van der Waals surface area contributed by atoms with Gasteiger partial charge in [-0.3, -0.25) is 4.79 Å². The number of benzene rings is 1. The zero-order valence-electron chi connectivity index (χ0n) is 13.9. The molecule has 0 bridgehead atoms. The van der Waals surface area contributed by atoms with Gasteiger partial charge in [0.15, 0.2) is 0 Å². The number of hydrogen-bond donors (Lipinski definition) is 2. The van der Waals surface area contributed by atoms with Crippen LogP contribution in [0.3, 0.4) is 0 Å². The SMILES string of the molecule is O=C(NCc1cc2cc(Cl)c(OCc3cccc(F)n3)cc2[nH]1)C1CC1. The molecule has 1 amide bonds. The van der Waals surface area contributed by atoms with Gasteiger partial charge in [0.25, 0.3) is 0 Å². The highest BCUT2D eigenvalue weighted by atomic mass is 35.5. The molecule has 1 aliphatic rings. The molecule has 5 nitrogen and oxygen atoms in total. The summed E-state index contributed by atoms with van der Waals surface area (Å²) in [6.45, 7) is 0.568. The quantitative estimate of drug-likeness (QED) is 0.643. The molecule has 2 heterocycles. The second-order valence-corrected chi connectivity index (χ2v) is 6.80. The van der Waals surface area contributed by atoms with Crippen molar-refractivity contribution in [2.24, 2.45) is 5.92 Å². The van der Waals surface area contributed by atoms with Crippen LogP contribution in [0.5, 0.6) is 5.75 Å². The second-order valence-electron chi connectivity index (χ2n) is 6.40. The molecule has 2 N–H and O–H groups in total. The predicted octanol–water partition coefficient (Wildman–Crippen LogP) is 3.96. The summed E-state index contributed by atoms with van der Waals surface area (Å²) in [7, 11) is 0. The van der Waals surface area contributed by atoms with E-state index < -0.39 is 5.95 Å². The first-order valence-electron chi connectivity index (χ1n) is 8.41. The number of rotatable bonds is 6. The van der Waals surface area contributed by atoms with Crippen molar-refractivity contribution in [3.8, 4) is 5.75 Å². The van der Waals surface area contributed by atoms with Gasteiger partial charge in [0.1, 0.15) is 12.4 Å². The molecule has 1 aliphatic carbocycles. The average molecular weight is 374 g/mol. The Morgan fingerprint density at radius 2 is 2.19 bits per heavy atom. The van der Waals surface area contributed by atoms with Gasteiger partial charge in [-0.05, 0) is 37.1 Å². The van der Waals surface area contributed by atoms with Gasteiger partial charge in [0.05, 0.1) is 17.3 Å². The monoisotopic (exact) mass is 373 g/mol. The highest BCUT2D eigenvalue weighted by Crippen LogP contribution is 2.31. The minimum atomic E-state index is -0.546. The Morgan fingerprint density at radius 3 is 2.96 bits per heavy atom. The maximum Gasteiger partial charge on any atom is 0.223 e. The van der Waals surface area contributed by atoms with Crippen LogP contribution in [0.25, 0.3) is 10.9 Å². The molecule has 1 aromatic carbocycles. The topological polar surface area (TPSA) is 67.0 Å². The van der Waals surface area contributed by atoms with E-state index in [1.807, 2.05) is 6.07 Å². The van der Waals surface area contributed by atoms with E-state index in [9.17, 15) is 9.18 Å². The molecular weight excluding hydrogens is 357 g/mol. The van der Waals surface area contributed by atoms with Crippen molar-refractivity contribution in [3.05, 3.63) is 58.8 Å². The smallest absolute Gasteiger partial charge is 0.223 e. The van der Waals surface area contributed by atoms with Gasteiger partial charge in [-0.25, -0.2) is 4.98 Å². The summed E-state index contributed by atoms with van der Waals surface area (Å²) >= 11 is 6.28. The number of aromatic amines is 1. The number of fused-ring (bicyclic) bond motifs is 1. The van der Waals surface area contributed by atoms with Crippen molar-refractivity contribution in [3.63, 3.8) is 0 Å². The second kappa shape index (κ2) is 6.96. The van der Waals surface area contributed by atoms with Crippen LogP contribution in [0.15, 0.2) is 36.4 Å². The third-order valence-corrected chi connectivity index (χ3v) is 4.57. The van der Waals surface area contributed by atoms with E-state index in [1.165, 1.54) is 6.07 Å². The van der Waals surface area contributed by atoms with Crippen LogP contribution in [0.4, 0.5) is 4.39 Å². The van der Waals surface area contributed by atoms with Crippen LogP contribution in [0, 0.1) is 11.9 Å². The Morgan fingerprint density at radius 1 is 1.35 bits per heavy atom. The summed E-state index contributed by atoms with van der Waals surface area (Å²) in [4.78, 5) is 18.8. The predicted molar refractivity (Wildman–Crippen MR) is 96.4 cm³/mol. The average Bonchev–Trinajstić information content (AvgIpc) is 3.39. The molecule has 0 saturated heterocycles. The molecule has 0 atom stereocenters. The van der Waals surface area contributed by atoms with Crippen molar-refractivity contribution in [2.45, 2.75) is 26.0 Å². The lowest BCUT2D eigenvalue weighted by molar-refractivity contribution is -0.122. The van der Waals surface area contributed by atoms with E-state index in [1.54, 1.807) is 24.3 Å². The Labute approximate surface area is 154 Å². The number of hydrogen-bond acceptors (Lipinski definition) is 3. The van der Waals surface area contributed by atoms with E-state index >= 15 is 0 Å². The van der Waals surface area contributed by atoms with E-state index in [-0.39, 0.29) is 18.4 Å². The van der Waals surface area contributed by atoms with Gasteiger partial charge in [0.2, 0.25) is 11.9 Å². The molecule has 26 heavy (non-hydrogen) atoms. The molecule has 0 aliphatic heterocycles. The molecule has 2 aromatic heterocycles. The molecule has 7 heteroatoms. The van der Waals surface area contributed by atoms with E-state index in [4.69, 9.17) is 16.3 Å². The number of halogens is 2. The van der Waals surface area contributed by atoms with Crippen molar-refractivity contribution in [2.75, 3.05) is 0 Å². The van der Waals surface area contributed by atoms with Crippen LogP contribution in [-0.4, -0.2) is 15.9 Å². The number of H-pyrrole nitrogens is 1. The Kier molecular flexibility index (Phi) is 4.51. The molecule has 4 rings (SSSR count). The minimum Gasteiger partial charge on any atom is -0.486 e. The number of nitrogens with zero attached hydrogens (tertiary/aromatic N) is 1. The lowest BCUT2D eigenvalue weighted by atomic mass is 10.2. The van der Waals surface area contributed by atoms with Gasteiger partial charge in [0, 0.05) is 28.6 Å². The maximum atomic E-state index is 13.1. The van der Waals surface area contributed by atoms with Crippen LogP contribution in [0.1, 0.15) is 24.2 Å². The maximum absolute atomic E-state index is 13.1. The lowest BCUT2D eigenvalue weighted by Gasteiger charge is -2.08. The third kappa shape index (κ3) is 3.80. The van der Waals surface area contributed by atoms with Gasteiger partial charge in [-0.1, -0.05) is 17.7 Å². The first kappa shape index (κ1) is 16.8. The largest absolute Gasteiger partial charge is 0.486 e. The van der Waals surface area contributed by atoms with Gasteiger partial charge >= 0.3 is 0 Å². The van der Waals surface area contributed by atoms with Crippen molar-refractivity contribution >= 4 is 28.4 Å². The van der Waals surface area contributed by atoms with Crippen LogP contribution < -0.4 is 10.1 Å². The zero-order chi connectivity index (χ0) is 18.1. The number of nitrogens with one attached hydrogen (secondary N) is 2. The summed E-state index contributed by atoms with van der Waals surface area (Å²) in [5, 5.41) is 4.32. The fraction of sp³-hybridized carbons (Fsp3) is 0.263. The fourth-order valence-corrected chi connectivity index (χ4v) is 2.98. The molecule has 1 fully saturated rings. The van der Waals surface area contributed by atoms with Crippen LogP contribution in [-0.2, 0) is 17.9 Å². The number of carbonyl (C=O) groups is 1. The summed E-state index contributed by atoms with van der Waals surface area (Å²) in [5.74, 6) is 0.231.